The van der Waals surface area contributed by atoms with Gasteiger partial charge < -0.3 is 4.90 Å². The Kier molecular flexibility index (Phi) is 3.68. The number of hydrogen-bond donors (Lipinski definition) is 0. The van der Waals surface area contributed by atoms with Gasteiger partial charge >= 0.3 is 0 Å². The Bertz CT molecular complexity index is 806. The van der Waals surface area contributed by atoms with E-state index in [2.05, 4.69) is 60.7 Å². The quantitative estimate of drug-likeness (QED) is 0.554. The number of rotatable bonds is 0. The first kappa shape index (κ1) is 12.6. The Labute approximate surface area is 149 Å². The van der Waals surface area contributed by atoms with E-state index in [0.717, 1.165) is 12.8 Å². The summed E-state index contributed by atoms with van der Waals surface area (Å²) in [4.78, 5) is 1.61. The van der Waals surface area contributed by atoms with Crippen LogP contribution in [-0.2, 0) is 0 Å². The maximum atomic E-state index is 7.64. The van der Waals surface area contributed by atoms with E-state index in [-0.39, 0.29) is 12.4 Å². The highest BCUT2D eigenvalue weighted by Gasteiger charge is 2.20. The Hall–Kier alpha value is -1.83. The smallest absolute Gasteiger partial charge is 0.0394 e. The van der Waals surface area contributed by atoms with Crippen LogP contribution in [0.2, 0.25) is 0 Å². The van der Waals surface area contributed by atoms with Gasteiger partial charge in [-0.15, -0.1) is 12.4 Å². The van der Waals surface area contributed by atoms with Crippen LogP contribution in [0.5, 0.6) is 0 Å². The van der Waals surface area contributed by atoms with Gasteiger partial charge in [0.15, 0.2) is 0 Å². The molecule has 2 heteroatoms. The first-order valence-electron chi connectivity index (χ1n) is 9.38. The van der Waals surface area contributed by atoms with Gasteiger partial charge in [-0.1, -0.05) is 66.3 Å². The summed E-state index contributed by atoms with van der Waals surface area (Å²) in [5.41, 5.74) is 7.60. The molecule has 0 atom stereocenters. The van der Waals surface area contributed by atoms with Crippen molar-refractivity contribution in [1.29, 1.82) is 0 Å². The first-order valence-corrected chi connectivity index (χ1v) is 7.88. The molecule has 23 heavy (non-hydrogen) atoms. The van der Waals surface area contributed by atoms with E-state index in [1.165, 1.54) is 33.4 Å². The van der Waals surface area contributed by atoms with Crippen LogP contribution >= 0.6 is 12.4 Å². The van der Waals surface area contributed by atoms with Gasteiger partial charge in [-0.25, -0.2) is 0 Å². The number of fused-ring (bicyclic) bond motifs is 2. The average molecular weight is 327 g/mol. The maximum Gasteiger partial charge on any atom is 0.0394 e. The van der Waals surface area contributed by atoms with Crippen LogP contribution in [0.3, 0.4) is 0 Å². The fraction of sp³-hybridized carbons (Fsp3) is 0.238. The molecule has 2 aliphatic rings. The highest BCUT2D eigenvalue weighted by molar-refractivity contribution is 5.94. The molecule has 118 valence electrons. The second-order valence-corrected chi connectivity index (χ2v) is 5.97. The lowest BCUT2D eigenvalue weighted by atomic mass is 9.86. The summed E-state index contributed by atoms with van der Waals surface area (Å²) >= 11 is 0. The molecule has 4 rings (SSSR count). The van der Waals surface area contributed by atoms with Crippen molar-refractivity contribution in [1.82, 2.24) is 4.90 Å². The summed E-state index contributed by atoms with van der Waals surface area (Å²) in [5.74, 6) is 0. The van der Waals surface area contributed by atoms with Gasteiger partial charge in [0.1, 0.15) is 0 Å². The fourth-order valence-corrected chi connectivity index (χ4v) is 3.47. The monoisotopic (exact) mass is 326 g/mol. The number of nitrogens with zero attached hydrogens (tertiary/aromatic N) is 1. The number of benzene rings is 2. The molecule has 1 fully saturated rings. The molecule has 0 unspecified atom stereocenters. The van der Waals surface area contributed by atoms with Gasteiger partial charge in [0.2, 0.25) is 0 Å². The van der Waals surface area contributed by atoms with E-state index in [1.54, 1.807) is 4.90 Å². The zero-order valence-corrected chi connectivity index (χ0v) is 13.8. The van der Waals surface area contributed by atoms with Crippen molar-refractivity contribution in [3.63, 3.8) is 0 Å². The summed E-state index contributed by atoms with van der Waals surface area (Å²) < 4.78 is 22.9. The molecule has 0 N–H and O–H groups in total. The van der Waals surface area contributed by atoms with Crippen LogP contribution in [0, 0.1) is 0 Å². The second kappa shape index (κ2) is 6.74. The van der Waals surface area contributed by atoms with Crippen LogP contribution in [-0.4, -0.2) is 25.0 Å². The number of hydrogen-bond acceptors (Lipinski definition) is 1. The Balaban J connectivity index is 0.00000196. The molecule has 0 aromatic heterocycles. The molecule has 1 nitrogen and oxygen atoms in total. The predicted octanol–water partition coefficient (Wildman–Crippen LogP) is 5.12. The minimum atomic E-state index is -1.99. The molecule has 0 saturated carbocycles. The molecule has 0 amide bonds. The first-order chi connectivity index (χ1) is 12.0. The Morgan fingerprint density at radius 1 is 0.826 bits per heavy atom. The van der Waals surface area contributed by atoms with Crippen LogP contribution in [0.1, 0.15) is 39.2 Å². The average Bonchev–Trinajstić information content (AvgIpc) is 2.78. The van der Waals surface area contributed by atoms with Gasteiger partial charge in [0, 0.05) is 17.2 Å². The summed E-state index contributed by atoms with van der Waals surface area (Å²) in [6.45, 7) is -0.808. The Morgan fingerprint density at radius 3 is 1.87 bits per heavy atom. The van der Waals surface area contributed by atoms with Gasteiger partial charge in [-0.05, 0) is 47.6 Å². The SMILES string of the molecule is Cl.[2H]C([2H])([2H])N1CCC(=C2c3ccccc3C=Cc3ccccc32)CC1. The summed E-state index contributed by atoms with van der Waals surface area (Å²) in [7, 11) is 0. The lowest BCUT2D eigenvalue weighted by molar-refractivity contribution is 0.313. The zero-order chi connectivity index (χ0) is 17.4. The lowest BCUT2D eigenvalue weighted by Gasteiger charge is -2.27. The van der Waals surface area contributed by atoms with E-state index in [0.29, 0.717) is 13.1 Å². The Morgan fingerprint density at radius 2 is 1.35 bits per heavy atom. The van der Waals surface area contributed by atoms with Gasteiger partial charge in [-0.2, -0.15) is 0 Å². The van der Waals surface area contributed by atoms with Crippen LogP contribution in [0.4, 0.5) is 0 Å². The third-order valence-electron chi connectivity index (χ3n) is 4.62. The highest BCUT2D eigenvalue weighted by Crippen LogP contribution is 2.38. The third-order valence-corrected chi connectivity index (χ3v) is 4.62. The predicted molar refractivity (Wildman–Crippen MR) is 102 cm³/mol. The van der Waals surface area contributed by atoms with Gasteiger partial charge in [0.05, 0.1) is 0 Å². The molecule has 0 spiro atoms. The van der Waals surface area contributed by atoms with Crippen molar-refractivity contribution >= 4 is 30.1 Å². The van der Waals surface area contributed by atoms with Crippen molar-refractivity contribution in [3.8, 4) is 0 Å². The second-order valence-electron chi connectivity index (χ2n) is 5.97. The molecule has 0 bridgehead atoms. The van der Waals surface area contributed by atoms with Crippen molar-refractivity contribution in [2.75, 3.05) is 20.1 Å². The third kappa shape index (κ3) is 2.99. The molecule has 1 aliphatic carbocycles. The van der Waals surface area contributed by atoms with Crippen molar-refractivity contribution in [3.05, 3.63) is 76.4 Å². The summed E-state index contributed by atoms with van der Waals surface area (Å²) in [6, 6.07) is 17.0. The van der Waals surface area contributed by atoms with Crippen LogP contribution < -0.4 is 0 Å². The van der Waals surface area contributed by atoms with E-state index in [4.69, 9.17) is 4.11 Å². The molecule has 2 aromatic carbocycles. The molecule has 1 saturated heterocycles. The minimum Gasteiger partial charge on any atom is -0.306 e. The van der Waals surface area contributed by atoms with E-state index >= 15 is 0 Å². The summed E-state index contributed by atoms with van der Waals surface area (Å²) in [6.07, 6.45) is 5.96. The van der Waals surface area contributed by atoms with Crippen LogP contribution in [0.15, 0.2) is 54.1 Å². The molecule has 1 aliphatic heterocycles. The van der Waals surface area contributed by atoms with Crippen LogP contribution in [0.25, 0.3) is 17.7 Å². The number of piperidine rings is 1. The van der Waals surface area contributed by atoms with E-state index in [1.807, 2.05) is 0 Å². The van der Waals surface area contributed by atoms with Crippen molar-refractivity contribution < 1.29 is 4.11 Å². The number of halogens is 1. The molecular formula is C21H22ClN. The lowest BCUT2D eigenvalue weighted by Crippen LogP contribution is -2.27. The maximum absolute atomic E-state index is 7.64. The van der Waals surface area contributed by atoms with E-state index < -0.39 is 6.98 Å². The molecular weight excluding hydrogens is 302 g/mol. The molecule has 0 radical (unpaired) electrons. The zero-order valence-electron chi connectivity index (χ0n) is 16.0. The van der Waals surface area contributed by atoms with Crippen molar-refractivity contribution in [2.45, 2.75) is 12.8 Å². The fourth-order valence-electron chi connectivity index (χ4n) is 3.47. The molecule has 1 heterocycles. The molecule has 2 aromatic rings. The minimum absolute atomic E-state index is 0. The van der Waals surface area contributed by atoms with Gasteiger partial charge in [-0.3, -0.25) is 0 Å². The highest BCUT2D eigenvalue weighted by atomic mass is 35.5. The summed E-state index contributed by atoms with van der Waals surface area (Å²) in [5, 5.41) is 0. The standard InChI is InChI=1S/C21H21N.ClH/c1-22-14-12-18(13-15-22)21-19-8-4-2-6-16(19)10-11-17-7-3-5-9-20(17)21;/h2-11H,12-15H2,1H3;1H/i1D3;. The normalized spacial score (nSPS) is 19.6. The van der Waals surface area contributed by atoms with Crippen molar-refractivity contribution in [2.24, 2.45) is 0 Å². The van der Waals surface area contributed by atoms with Gasteiger partial charge in [0.25, 0.3) is 0 Å². The topological polar surface area (TPSA) is 3.24 Å². The van der Waals surface area contributed by atoms with E-state index in [9.17, 15) is 0 Å². The largest absolute Gasteiger partial charge is 0.306 e. The number of likely N-dealkylation sites (tertiary alicyclic amines) is 1.